The van der Waals surface area contributed by atoms with E-state index in [1.807, 2.05) is 19.1 Å². The number of amides is 1. The number of likely N-dealkylation sites (N-methyl/N-ethyl adjacent to an activating group) is 1. The van der Waals surface area contributed by atoms with Gasteiger partial charge in [0.25, 0.3) is 0 Å². The minimum absolute atomic E-state index is 0.00759. The van der Waals surface area contributed by atoms with E-state index >= 15 is 0 Å². The first-order valence-corrected chi connectivity index (χ1v) is 9.23. The number of nitrogens with two attached hydrogens (primary N) is 1. The van der Waals surface area contributed by atoms with E-state index in [-0.39, 0.29) is 28.7 Å². The van der Waals surface area contributed by atoms with Crippen LogP contribution in [0.2, 0.25) is 0 Å². The van der Waals surface area contributed by atoms with Gasteiger partial charge in [0.05, 0.1) is 5.57 Å². The molecule has 2 aliphatic heterocycles. The third kappa shape index (κ3) is 1.91. The lowest BCUT2D eigenvalue weighted by Crippen LogP contribution is -2.49. The van der Waals surface area contributed by atoms with Gasteiger partial charge in [-0.05, 0) is 31.5 Å². The summed E-state index contributed by atoms with van der Waals surface area (Å²) < 4.78 is 6.38. The highest BCUT2D eigenvalue weighted by Gasteiger charge is 2.61. The number of ether oxygens (including phenoxy) is 1. The Labute approximate surface area is 159 Å². The van der Waals surface area contributed by atoms with Crippen molar-refractivity contribution >= 4 is 33.3 Å². The van der Waals surface area contributed by atoms with Gasteiger partial charge in [0.1, 0.15) is 22.8 Å². The van der Waals surface area contributed by atoms with Crippen molar-refractivity contribution in [2.75, 3.05) is 11.4 Å². The first-order valence-electron chi connectivity index (χ1n) is 8.43. The SMILES string of the molecule is CCN1C(=O)C2(C(C#N)=C(N)OC3=C2C(=O)CCC3)c2cc(Br)ccc21. The highest BCUT2D eigenvalue weighted by Crippen LogP contribution is 2.56. The Kier molecular flexibility index (Phi) is 3.70. The molecule has 1 aromatic carbocycles. The Morgan fingerprint density at radius 3 is 2.85 bits per heavy atom. The lowest BCUT2D eigenvalue weighted by atomic mass is 9.65. The Balaban J connectivity index is 2.15. The number of allylic oxidation sites excluding steroid dienone is 1. The Bertz CT molecular complexity index is 973. The third-order valence-corrected chi connectivity index (χ3v) is 5.74. The maximum absolute atomic E-state index is 13.6. The molecule has 1 aromatic rings. The predicted octanol–water partition coefficient (Wildman–Crippen LogP) is 2.78. The monoisotopic (exact) mass is 413 g/mol. The molecule has 0 saturated carbocycles. The van der Waals surface area contributed by atoms with Crippen molar-refractivity contribution < 1.29 is 14.3 Å². The van der Waals surface area contributed by atoms with Crippen molar-refractivity contribution in [1.29, 1.82) is 5.26 Å². The molecule has 2 heterocycles. The lowest BCUT2D eigenvalue weighted by molar-refractivity contribution is -0.124. The molecule has 6 nitrogen and oxygen atoms in total. The van der Waals surface area contributed by atoms with Crippen LogP contribution in [0.1, 0.15) is 31.7 Å². The van der Waals surface area contributed by atoms with Crippen LogP contribution < -0.4 is 10.6 Å². The Morgan fingerprint density at radius 2 is 2.15 bits per heavy atom. The third-order valence-electron chi connectivity index (χ3n) is 5.24. The van der Waals surface area contributed by atoms with Crippen LogP contribution in [-0.4, -0.2) is 18.2 Å². The number of carbonyl (C=O) groups is 2. The van der Waals surface area contributed by atoms with Crippen molar-refractivity contribution in [2.45, 2.75) is 31.6 Å². The van der Waals surface area contributed by atoms with E-state index in [0.29, 0.717) is 42.8 Å². The van der Waals surface area contributed by atoms with Crippen LogP contribution >= 0.6 is 15.9 Å². The summed E-state index contributed by atoms with van der Waals surface area (Å²) in [6, 6.07) is 7.51. The number of anilines is 1. The van der Waals surface area contributed by atoms with E-state index in [1.54, 1.807) is 11.0 Å². The van der Waals surface area contributed by atoms with E-state index in [1.165, 1.54) is 0 Å². The molecule has 0 bridgehead atoms. The summed E-state index contributed by atoms with van der Waals surface area (Å²) >= 11 is 3.44. The molecule has 1 aliphatic carbocycles. The second-order valence-corrected chi connectivity index (χ2v) is 7.40. The summed E-state index contributed by atoms with van der Waals surface area (Å²) in [4.78, 5) is 28.1. The van der Waals surface area contributed by atoms with Crippen LogP contribution in [0, 0.1) is 11.3 Å². The van der Waals surface area contributed by atoms with E-state index in [9.17, 15) is 14.9 Å². The van der Waals surface area contributed by atoms with E-state index < -0.39 is 5.41 Å². The first-order chi connectivity index (χ1) is 12.5. The molecule has 1 unspecified atom stereocenters. The zero-order chi connectivity index (χ0) is 18.6. The van der Waals surface area contributed by atoms with Gasteiger partial charge in [-0.2, -0.15) is 5.26 Å². The Morgan fingerprint density at radius 1 is 1.38 bits per heavy atom. The van der Waals surface area contributed by atoms with Crippen LogP contribution in [0.25, 0.3) is 0 Å². The summed E-state index contributed by atoms with van der Waals surface area (Å²) in [5, 5.41) is 9.85. The molecule has 1 atom stereocenters. The van der Waals surface area contributed by atoms with Crippen LogP contribution in [0.3, 0.4) is 0 Å². The maximum atomic E-state index is 13.6. The number of benzene rings is 1. The maximum Gasteiger partial charge on any atom is 0.247 e. The summed E-state index contributed by atoms with van der Waals surface area (Å²) in [5.41, 5.74) is 6.09. The predicted molar refractivity (Wildman–Crippen MR) is 97.6 cm³/mol. The van der Waals surface area contributed by atoms with Gasteiger partial charge >= 0.3 is 0 Å². The van der Waals surface area contributed by atoms with Gasteiger partial charge in [0.2, 0.25) is 11.8 Å². The summed E-state index contributed by atoms with van der Waals surface area (Å²) in [5.74, 6) is -0.171. The number of nitriles is 1. The number of carbonyl (C=O) groups excluding carboxylic acids is 2. The zero-order valence-electron chi connectivity index (χ0n) is 14.1. The summed E-state index contributed by atoms with van der Waals surface area (Å²) in [6.45, 7) is 2.28. The topological polar surface area (TPSA) is 96.4 Å². The molecule has 0 radical (unpaired) electrons. The number of halogens is 1. The normalized spacial score (nSPS) is 24.6. The van der Waals surface area contributed by atoms with Crippen molar-refractivity contribution in [1.82, 2.24) is 0 Å². The van der Waals surface area contributed by atoms with Crippen LogP contribution in [0.4, 0.5) is 5.69 Å². The molecular weight excluding hydrogens is 398 g/mol. The average Bonchev–Trinajstić information content (AvgIpc) is 2.84. The van der Waals surface area contributed by atoms with E-state index in [4.69, 9.17) is 10.5 Å². The van der Waals surface area contributed by atoms with Gasteiger partial charge < -0.3 is 15.4 Å². The fourth-order valence-electron chi connectivity index (χ4n) is 4.24. The second-order valence-electron chi connectivity index (χ2n) is 6.49. The van der Waals surface area contributed by atoms with Crippen LogP contribution in [-0.2, 0) is 19.7 Å². The number of hydrogen-bond acceptors (Lipinski definition) is 5. The van der Waals surface area contributed by atoms with Gasteiger partial charge in [-0.1, -0.05) is 15.9 Å². The van der Waals surface area contributed by atoms with E-state index in [0.717, 1.165) is 4.47 Å². The molecule has 2 N–H and O–H groups in total. The van der Waals surface area contributed by atoms with Gasteiger partial charge in [-0.3, -0.25) is 9.59 Å². The molecule has 7 heteroatoms. The number of hydrogen-bond donors (Lipinski definition) is 1. The number of nitrogens with zero attached hydrogens (tertiary/aromatic N) is 2. The lowest BCUT2D eigenvalue weighted by Gasteiger charge is -2.37. The zero-order valence-corrected chi connectivity index (χ0v) is 15.7. The largest absolute Gasteiger partial charge is 0.444 e. The van der Waals surface area contributed by atoms with Gasteiger partial charge in [-0.25, -0.2) is 0 Å². The number of fused-ring (bicyclic) bond motifs is 3. The highest BCUT2D eigenvalue weighted by molar-refractivity contribution is 9.10. The molecule has 132 valence electrons. The second kappa shape index (κ2) is 5.71. The van der Waals surface area contributed by atoms with Gasteiger partial charge in [0.15, 0.2) is 5.78 Å². The molecular formula is C19H16BrN3O3. The summed E-state index contributed by atoms with van der Waals surface area (Å²) in [7, 11) is 0. The summed E-state index contributed by atoms with van der Waals surface area (Å²) in [6.07, 6.45) is 1.48. The van der Waals surface area contributed by atoms with Crippen LogP contribution in [0.15, 0.2) is 45.5 Å². The smallest absolute Gasteiger partial charge is 0.247 e. The van der Waals surface area contributed by atoms with Gasteiger partial charge in [0, 0.05) is 35.1 Å². The van der Waals surface area contributed by atoms with Crippen molar-refractivity contribution in [3.05, 3.63) is 51.0 Å². The van der Waals surface area contributed by atoms with Crippen molar-refractivity contribution in [2.24, 2.45) is 5.73 Å². The molecule has 0 saturated heterocycles. The molecule has 0 aromatic heterocycles. The first kappa shape index (κ1) is 16.9. The molecule has 1 amide bonds. The van der Waals surface area contributed by atoms with Crippen molar-refractivity contribution in [3.63, 3.8) is 0 Å². The van der Waals surface area contributed by atoms with Crippen LogP contribution in [0.5, 0.6) is 0 Å². The quantitative estimate of drug-likeness (QED) is 0.763. The molecule has 26 heavy (non-hydrogen) atoms. The number of ketones is 1. The minimum atomic E-state index is -1.51. The molecule has 1 spiro atoms. The minimum Gasteiger partial charge on any atom is -0.444 e. The highest BCUT2D eigenvalue weighted by atomic mass is 79.9. The molecule has 0 fully saturated rings. The number of rotatable bonds is 1. The molecule has 3 aliphatic rings. The average molecular weight is 414 g/mol. The Hall–Kier alpha value is -2.59. The van der Waals surface area contributed by atoms with Gasteiger partial charge in [-0.15, -0.1) is 0 Å². The fraction of sp³-hybridized carbons (Fsp3) is 0.316. The standard InChI is InChI=1S/C19H16BrN3O3/c1-2-23-13-7-6-10(20)8-11(13)19(18(23)25)12(9-21)17(22)26-15-5-3-4-14(24)16(15)19/h6-8H,2-5,22H2,1H3. The fourth-order valence-corrected chi connectivity index (χ4v) is 4.60. The van der Waals surface area contributed by atoms with E-state index in [2.05, 4.69) is 22.0 Å². The number of Topliss-reactive ketones (excluding diaryl/α,β-unsaturated/α-hetero) is 1. The molecule has 4 rings (SSSR count). The van der Waals surface area contributed by atoms with Crippen molar-refractivity contribution in [3.8, 4) is 6.07 Å².